The lowest BCUT2D eigenvalue weighted by Crippen LogP contribution is -2.25. The average molecular weight is 445 g/mol. The molecule has 0 fully saturated rings. The maximum Gasteiger partial charge on any atom is 0.261 e. The Morgan fingerprint density at radius 2 is 1.63 bits per heavy atom. The molecule has 0 radical (unpaired) electrons. The van der Waals surface area contributed by atoms with Crippen LogP contribution in [0.25, 0.3) is 0 Å². The van der Waals surface area contributed by atoms with Crippen LogP contribution < -0.4 is 14.8 Å². The standard InChI is InChI=1S/C22H21ClN2O4S/c1-2-29-18-11-13-19(14-12-18)30(27,28)25-21-6-4-3-5-20(21)22(26)24-15-16-7-9-17(23)10-8-16/h3-14,25H,2,15H2,1H3,(H,24,26). The zero-order valence-corrected chi connectivity index (χ0v) is 17.8. The molecule has 0 unspecified atom stereocenters. The Balaban J connectivity index is 1.75. The molecule has 0 aliphatic carbocycles. The SMILES string of the molecule is CCOc1ccc(S(=O)(=O)Nc2ccccc2C(=O)NCc2ccc(Cl)cc2)cc1. The fourth-order valence-corrected chi connectivity index (χ4v) is 3.94. The third kappa shape index (κ3) is 5.52. The Morgan fingerprint density at radius 3 is 2.30 bits per heavy atom. The number of rotatable bonds is 8. The number of halogens is 1. The van der Waals surface area contributed by atoms with Crippen LogP contribution in [0.1, 0.15) is 22.8 Å². The van der Waals surface area contributed by atoms with Crippen LogP contribution in [0, 0.1) is 0 Å². The van der Waals surface area contributed by atoms with Crippen LogP contribution in [0.15, 0.2) is 77.7 Å². The summed E-state index contributed by atoms with van der Waals surface area (Å²) in [7, 11) is -3.87. The van der Waals surface area contributed by atoms with Crippen LogP contribution in [0.2, 0.25) is 5.02 Å². The molecule has 3 rings (SSSR count). The predicted molar refractivity (Wildman–Crippen MR) is 117 cm³/mol. The highest BCUT2D eigenvalue weighted by atomic mass is 35.5. The molecule has 0 atom stereocenters. The monoisotopic (exact) mass is 444 g/mol. The fraction of sp³-hybridized carbons (Fsp3) is 0.136. The van der Waals surface area contributed by atoms with Gasteiger partial charge in [0.15, 0.2) is 0 Å². The molecule has 30 heavy (non-hydrogen) atoms. The number of ether oxygens (including phenoxy) is 1. The van der Waals surface area contributed by atoms with Gasteiger partial charge in [0.1, 0.15) is 5.75 Å². The number of amides is 1. The first-order valence-corrected chi connectivity index (χ1v) is 11.1. The molecule has 2 N–H and O–H groups in total. The van der Waals surface area contributed by atoms with Gasteiger partial charge in [-0.1, -0.05) is 35.9 Å². The lowest BCUT2D eigenvalue weighted by molar-refractivity contribution is 0.0952. The van der Waals surface area contributed by atoms with Crippen molar-refractivity contribution in [1.82, 2.24) is 5.32 Å². The van der Waals surface area contributed by atoms with E-state index in [4.69, 9.17) is 16.3 Å². The third-order valence-corrected chi connectivity index (χ3v) is 5.86. The molecule has 0 heterocycles. The second-order valence-electron chi connectivity index (χ2n) is 6.36. The van der Waals surface area contributed by atoms with E-state index in [0.717, 1.165) is 5.56 Å². The lowest BCUT2D eigenvalue weighted by atomic mass is 10.1. The van der Waals surface area contributed by atoms with Crippen molar-refractivity contribution in [3.63, 3.8) is 0 Å². The third-order valence-electron chi connectivity index (χ3n) is 4.23. The van der Waals surface area contributed by atoms with Crippen molar-refractivity contribution in [1.29, 1.82) is 0 Å². The van der Waals surface area contributed by atoms with E-state index < -0.39 is 15.9 Å². The highest BCUT2D eigenvalue weighted by Crippen LogP contribution is 2.22. The summed E-state index contributed by atoms with van der Waals surface area (Å²) >= 11 is 5.87. The van der Waals surface area contributed by atoms with Crippen LogP contribution >= 0.6 is 11.6 Å². The molecular formula is C22H21ClN2O4S. The summed E-state index contributed by atoms with van der Waals surface area (Å²) in [4.78, 5) is 12.7. The zero-order chi connectivity index (χ0) is 21.6. The van der Waals surface area contributed by atoms with Gasteiger partial charge in [0, 0.05) is 11.6 Å². The quantitative estimate of drug-likeness (QED) is 0.536. The number of sulfonamides is 1. The predicted octanol–water partition coefficient (Wildman–Crippen LogP) is 4.47. The smallest absolute Gasteiger partial charge is 0.261 e. The number of carbonyl (C=O) groups excluding carboxylic acids is 1. The summed E-state index contributed by atoms with van der Waals surface area (Å²) in [6.45, 7) is 2.62. The lowest BCUT2D eigenvalue weighted by Gasteiger charge is -2.13. The summed E-state index contributed by atoms with van der Waals surface area (Å²) in [6.07, 6.45) is 0. The number of hydrogen-bond acceptors (Lipinski definition) is 4. The van der Waals surface area contributed by atoms with Gasteiger partial charge in [0.05, 0.1) is 22.8 Å². The highest BCUT2D eigenvalue weighted by Gasteiger charge is 2.18. The van der Waals surface area contributed by atoms with E-state index in [2.05, 4.69) is 10.0 Å². The number of hydrogen-bond donors (Lipinski definition) is 2. The first-order chi connectivity index (χ1) is 14.4. The Morgan fingerprint density at radius 1 is 0.967 bits per heavy atom. The summed E-state index contributed by atoms with van der Waals surface area (Å²) in [5.74, 6) is 0.188. The van der Waals surface area contributed by atoms with Crippen LogP contribution in [-0.2, 0) is 16.6 Å². The van der Waals surface area contributed by atoms with Gasteiger partial charge in [-0.3, -0.25) is 9.52 Å². The summed E-state index contributed by atoms with van der Waals surface area (Å²) < 4.78 is 33.4. The Kier molecular flexibility index (Phi) is 6.97. The minimum absolute atomic E-state index is 0.0716. The van der Waals surface area contributed by atoms with Crippen molar-refractivity contribution in [3.8, 4) is 5.75 Å². The molecule has 0 saturated heterocycles. The fourth-order valence-electron chi connectivity index (χ4n) is 2.74. The van der Waals surface area contributed by atoms with E-state index in [1.54, 1.807) is 48.5 Å². The number of para-hydroxylation sites is 1. The van der Waals surface area contributed by atoms with E-state index in [1.807, 2.05) is 19.1 Å². The molecule has 6 nitrogen and oxygen atoms in total. The second kappa shape index (κ2) is 9.65. The van der Waals surface area contributed by atoms with Gasteiger partial charge in [-0.2, -0.15) is 0 Å². The van der Waals surface area contributed by atoms with Crippen LogP contribution in [0.3, 0.4) is 0 Å². The molecule has 0 aliphatic rings. The molecule has 3 aromatic rings. The van der Waals surface area contributed by atoms with Gasteiger partial charge in [0.2, 0.25) is 0 Å². The van der Waals surface area contributed by atoms with E-state index in [1.165, 1.54) is 12.1 Å². The number of carbonyl (C=O) groups is 1. The molecule has 0 aromatic heterocycles. The van der Waals surface area contributed by atoms with Crippen molar-refractivity contribution in [2.45, 2.75) is 18.4 Å². The van der Waals surface area contributed by atoms with Crippen molar-refractivity contribution in [2.24, 2.45) is 0 Å². The molecule has 3 aromatic carbocycles. The molecule has 156 valence electrons. The van der Waals surface area contributed by atoms with Gasteiger partial charge >= 0.3 is 0 Å². The van der Waals surface area contributed by atoms with Crippen molar-refractivity contribution in [3.05, 3.63) is 88.9 Å². The second-order valence-corrected chi connectivity index (χ2v) is 8.48. The molecule has 0 aliphatic heterocycles. The van der Waals surface area contributed by atoms with Gasteiger partial charge in [-0.15, -0.1) is 0 Å². The molecule has 1 amide bonds. The van der Waals surface area contributed by atoms with Gasteiger partial charge in [-0.25, -0.2) is 8.42 Å². The van der Waals surface area contributed by atoms with Crippen LogP contribution in [0.5, 0.6) is 5.75 Å². The Bertz CT molecular complexity index is 1110. The van der Waals surface area contributed by atoms with Crippen molar-refractivity contribution in [2.75, 3.05) is 11.3 Å². The van der Waals surface area contributed by atoms with Crippen molar-refractivity contribution < 1.29 is 17.9 Å². The number of anilines is 1. The highest BCUT2D eigenvalue weighted by molar-refractivity contribution is 7.92. The van der Waals surface area contributed by atoms with Crippen LogP contribution in [-0.4, -0.2) is 20.9 Å². The van der Waals surface area contributed by atoms with E-state index in [9.17, 15) is 13.2 Å². The maximum absolute atomic E-state index is 12.8. The molecule has 0 bridgehead atoms. The Labute approximate surface area is 180 Å². The van der Waals surface area contributed by atoms with Gasteiger partial charge < -0.3 is 10.1 Å². The summed E-state index contributed by atoms with van der Waals surface area (Å²) in [6, 6.07) is 19.6. The van der Waals surface area contributed by atoms with E-state index >= 15 is 0 Å². The molecule has 8 heteroatoms. The average Bonchev–Trinajstić information content (AvgIpc) is 2.74. The number of benzene rings is 3. The zero-order valence-electron chi connectivity index (χ0n) is 16.3. The maximum atomic E-state index is 12.8. The Hall–Kier alpha value is -3.03. The largest absolute Gasteiger partial charge is 0.494 e. The van der Waals surface area contributed by atoms with Gasteiger partial charge in [-0.05, 0) is 61.0 Å². The van der Waals surface area contributed by atoms with E-state index in [-0.39, 0.29) is 22.7 Å². The topological polar surface area (TPSA) is 84.5 Å². The molecule has 0 spiro atoms. The normalized spacial score (nSPS) is 11.0. The number of nitrogens with one attached hydrogen (secondary N) is 2. The summed E-state index contributed by atoms with van der Waals surface area (Å²) in [5, 5.41) is 3.40. The minimum Gasteiger partial charge on any atom is -0.494 e. The van der Waals surface area contributed by atoms with Gasteiger partial charge in [0.25, 0.3) is 15.9 Å². The first kappa shape index (κ1) is 21.7. The minimum atomic E-state index is -3.87. The molecule has 0 saturated carbocycles. The van der Waals surface area contributed by atoms with Crippen LogP contribution in [0.4, 0.5) is 5.69 Å². The van der Waals surface area contributed by atoms with E-state index in [0.29, 0.717) is 17.4 Å². The molecular weight excluding hydrogens is 424 g/mol. The van der Waals surface area contributed by atoms with Crippen molar-refractivity contribution >= 4 is 33.2 Å². The first-order valence-electron chi connectivity index (χ1n) is 9.26. The summed E-state index contributed by atoms with van der Waals surface area (Å²) in [5.41, 5.74) is 1.29.